The Balaban J connectivity index is 1.88. The Bertz CT molecular complexity index is 590. The van der Waals surface area contributed by atoms with Gasteiger partial charge in [-0.2, -0.15) is 5.10 Å². The minimum absolute atomic E-state index is 0.0121. The zero-order valence-corrected chi connectivity index (χ0v) is 12.4. The number of aromatic nitrogens is 2. The van der Waals surface area contributed by atoms with E-state index in [1.54, 1.807) is 0 Å². The maximum atomic E-state index is 4.46. The summed E-state index contributed by atoms with van der Waals surface area (Å²) >= 11 is 0. The second-order valence-electron chi connectivity index (χ2n) is 5.82. The fourth-order valence-corrected chi connectivity index (χ4v) is 3.09. The molecule has 1 aromatic heterocycles. The minimum Gasteiger partial charge on any atom is -0.365 e. The lowest BCUT2D eigenvalue weighted by molar-refractivity contribution is 0.332. The molecule has 0 radical (unpaired) electrons. The van der Waals surface area contributed by atoms with Crippen molar-refractivity contribution in [2.75, 3.05) is 24.5 Å². The van der Waals surface area contributed by atoms with Crippen LogP contribution in [0.5, 0.6) is 0 Å². The number of piperazine rings is 1. The quantitative estimate of drug-likeness (QED) is 0.906. The first-order valence-electron chi connectivity index (χ1n) is 7.14. The van der Waals surface area contributed by atoms with Crippen molar-refractivity contribution < 1.29 is 0 Å². The van der Waals surface area contributed by atoms with Crippen LogP contribution in [0.15, 0.2) is 36.5 Å². The Morgan fingerprint density at radius 3 is 2.65 bits per heavy atom. The minimum atomic E-state index is -0.0121. The maximum Gasteiger partial charge on any atom is 0.0827 e. The third-order valence-electron chi connectivity index (χ3n) is 4.14. The van der Waals surface area contributed by atoms with E-state index in [4.69, 9.17) is 0 Å². The number of anilines is 1. The van der Waals surface area contributed by atoms with Crippen LogP contribution in [0.25, 0.3) is 0 Å². The highest BCUT2D eigenvalue weighted by Crippen LogP contribution is 2.28. The monoisotopic (exact) mass is 270 g/mol. The molecular formula is C16H22N4. The highest BCUT2D eigenvalue weighted by molar-refractivity contribution is 5.50. The molecule has 1 saturated heterocycles. The Kier molecular flexibility index (Phi) is 3.26. The van der Waals surface area contributed by atoms with Crippen molar-refractivity contribution >= 4 is 5.69 Å². The van der Waals surface area contributed by atoms with Gasteiger partial charge in [0.1, 0.15) is 0 Å². The third kappa shape index (κ3) is 2.31. The molecule has 1 aliphatic heterocycles. The van der Waals surface area contributed by atoms with Gasteiger partial charge in [-0.15, -0.1) is 0 Å². The van der Waals surface area contributed by atoms with Gasteiger partial charge in [-0.1, -0.05) is 30.3 Å². The fraction of sp³-hybridized carbons (Fsp3) is 0.438. The number of nitrogens with one attached hydrogen (secondary N) is 1. The van der Waals surface area contributed by atoms with Crippen molar-refractivity contribution in [3.63, 3.8) is 0 Å². The topological polar surface area (TPSA) is 33.1 Å². The van der Waals surface area contributed by atoms with Gasteiger partial charge >= 0.3 is 0 Å². The number of nitrogens with zero attached hydrogens (tertiary/aromatic N) is 3. The lowest BCUT2D eigenvalue weighted by Gasteiger charge is -2.42. The molecular weight excluding hydrogens is 248 g/mol. The molecule has 0 saturated carbocycles. The summed E-state index contributed by atoms with van der Waals surface area (Å²) in [5.74, 6) is 0. The first-order chi connectivity index (χ1) is 9.58. The molecule has 106 valence electrons. The Morgan fingerprint density at radius 1 is 1.25 bits per heavy atom. The van der Waals surface area contributed by atoms with Crippen LogP contribution in [-0.4, -0.2) is 29.4 Å². The smallest absolute Gasteiger partial charge is 0.0827 e. The summed E-state index contributed by atoms with van der Waals surface area (Å²) in [7, 11) is 1.98. The molecule has 3 rings (SSSR count). The zero-order valence-electron chi connectivity index (χ0n) is 12.4. The lowest BCUT2D eigenvalue weighted by Crippen LogP contribution is -2.56. The lowest BCUT2D eigenvalue weighted by atomic mass is 9.89. The summed E-state index contributed by atoms with van der Waals surface area (Å²) < 4.78 is 1.90. The normalized spacial score (nSPS) is 23.1. The van der Waals surface area contributed by atoms with Gasteiger partial charge in [0.2, 0.25) is 0 Å². The molecule has 0 aliphatic carbocycles. The number of aryl methyl sites for hydroxylation is 2. The first-order valence-corrected chi connectivity index (χ1v) is 7.14. The van der Waals surface area contributed by atoms with Crippen LogP contribution in [0.4, 0.5) is 5.69 Å². The fourth-order valence-electron chi connectivity index (χ4n) is 3.09. The third-order valence-corrected chi connectivity index (χ3v) is 4.14. The van der Waals surface area contributed by atoms with Crippen molar-refractivity contribution in [2.24, 2.45) is 7.05 Å². The van der Waals surface area contributed by atoms with Crippen molar-refractivity contribution in [3.8, 4) is 0 Å². The van der Waals surface area contributed by atoms with E-state index >= 15 is 0 Å². The second kappa shape index (κ2) is 4.94. The largest absolute Gasteiger partial charge is 0.365 e. The van der Waals surface area contributed by atoms with Crippen LogP contribution >= 0.6 is 0 Å². The summed E-state index contributed by atoms with van der Waals surface area (Å²) in [5.41, 5.74) is 3.68. The molecule has 20 heavy (non-hydrogen) atoms. The van der Waals surface area contributed by atoms with Gasteiger partial charge in [0.15, 0.2) is 0 Å². The highest BCUT2D eigenvalue weighted by atomic mass is 15.3. The molecule has 1 aliphatic rings. The number of hydrogen-bond donors (Lipinski definition) is 1. The van der Waals surface area contributed by atoms with E-state index in [9.17, 15) is 0 Å². The van der Waals surface area contributed by atoms with Gasteiger partial charge in [-0.05, 0) is 19.4 Å². The SMILES string of the molecule is Cc1nn(C)cc1N1CCNC(C)(c2ccccc2)C1. The predicted molar refractivity (Wildman–Crippen MR) is 82.0 cm³/mol. The average molecular weight is 270 g/mol. The van der Waals surface area contributed by atoms with E-state index < -0.39 is 0 Å². The van der Waals surface area contributed by atoms with Crippen LogP contribution in [0, 0.1) is 6.92 Å². The van der Waals surface area contributed by atoms with Crippen molar-refractivity contribution in [1.29, 1.82) is 0 Å². The molecule has 0 spiro atoms. The van der Waals surface area contributed by atoms with Crippen molar-refractivity contribution in [1.82, 2.24) is 15.1 Å². The molecule has 1 aromatic carbocycles. The Labute approximate surface area is 120 Å². The predicted octanol–water partition coefficient (Wildman–Crippen LogP) is 2.05. The standard InChI is InChI=1S/C16H22N4/c1-13-15(11-19(3)18-13)20-10-9-17-16(2,12-20)14-7-5-4-6-8-14/h4-8,11,17H,9-10,12H2,1-3H3. The van der Waals surface area contributed by atoms with Crippen molar-refractivity contribution in [2.45, 2.75) is 19.4 Å². The summed E-state index contributed by atoms with van der Waals surface area (Å²) in [6, 6.07) is 10.7. The van der Waals surface area contributed by atoms with Gasteiger partial charge in [0, 0.05) is 32.9 Å². The highest BCUT2D eigenvalue weighted by Gasteiger charge is 2.33. The first kappa shape index (κ1) is 13.2. The van der Waals surface area contributed by atoms with E-state index in [1.807, 2.05) is 11.7 Å². The van der Waals surface area contributed by atoms with Gasteiger partial charge in [-0.25, -0.2) is 0 Å². The molecule has 4 heteroatoms. The molecule has 1 N–H and O–H groups in total. The average Bonchev–Trinajstić information content (AvgIpc) is 2.79. The van der Waals surface area contributed by atoms with Gasteiger partial charge in [0.05, 0.1) is 16.9 Å². The van der Waals surface area contributed by atoms with E-state index in [2.05, 4.69) is 65.7 Å². The van der Waals surface area contributed by atoms with Gasteiger partial charge in [-0.3, -0.25) is 4.68 Å². The van der Waals surface area contributed by atoms with Crippen LogP contribution < -0.4 is 10.2 Å². The molecule has 1 atom stereocenters. The molecule has 1 unspecified atom stereocenters. The Morgan fingerprint density at radius 2 is 2.00 bits per heavy atom. The van der Waals surface area contributed by atoms with Gasteiger partial charge < -0.3 is 10.2 Å². The van der Waals surface area contributed by atoms with E-state index in [-0.39, 0.29) is 5.54 Å². The van der Waals surface area contributed by atoms with Crippen LogP contribution in [-0.2, 0) is 12.6 Å². The van der Waals surface area contributed by atoms with Crippen LogP contribution in [0.2, 0.25) is 0 Å². The maximum absolute atomic E-state index is 4.46. The van der Waals surface area contributed by atoms with E-state index in [0.717, 1.165) is 25.3 Å². The molecule has 0 bridgehead atoms. The number of rotatable bonds is 2. The zero-order chi connectivity index (χ0) is 14.2. The molecule has 0 amide bonds. The van der Waals surface area contributed by atoms with E-state index in [1.165, 1.54) is 11.3 Å². The summed E-state index contributed by atoms with van der Waals surface area (Å²) in [6.45, 7) is 7.33. The van der Waals surface area contributed by atoms with Crippen molar-refractivity contribution in [3.05, 3.63) is 47.8 Å². The van der Waals surface area contributed by atoms with Crippen LogP contribution in [0.1, 0.15) is 18.2 Å². The number of benzene rings is 1. The number of hydrogen-bond acceptors (Lipinski definition) is 3. The van der Waals surface area contributed by atoms with Crippen LogP contribution in [0.3, 0.4) is 0 Å². The van der Waals surface area contributed by atoms with E-state index in [0.29, 0.717) is 0 Å². The summed E-state index contributed by atoms with van der Waals surface area (Å²) in [4.78, 5) is 2.44. The second-order valence-corrected chi connectivity index (χ2v) is 5.82. The molecule has 2 aromatic rings. The summed E-state index contributed by atoms with van der Waals surface area (Å²) in [6.07, 6.45) is 2.12. The molecule has 4 nitrogen and oxygen atoms in total. The Hall–Kier alpha value is -1.81. The van der Waals surface area contributed by atoms with Gasteiger partial charge in [0.25, 0.3) is 0 Å². The molecule has 1 fully saturated rings. The molecule has 2 heterocycles. The summed E-state index contributed by atoms with van der Waals surface area (Å²) in [5, 5.41) is 8.13.